The van der Waals surface area contributed by atoms with Crippen LogP contribution in [0.25, 0.3) is 0 Å². The molecular weight excluding hydrogens is 233 g/mol. The third-order valence-electron chi connectivity index (χ3n) is 1.58. The molecule has 0 aromatic heterocycles. The summed E-state index contributed by atoms with van der Waals surface area (Å²) in [6.45, 7) is 0. The highest BCUT2D eigenvalue weighted by Gasteiger charge is 2.11. The molecule has 0 heterocycles. The van der Waals surface area contributed by atoms with Gasteiger partial charge in [0.1, 0.15) is 6.07 Å². The molecule has 4 N–H and O–H groups in total. The highest BCUT2D eigenvalue weighted by Crippen LogP contribution is 2.18. The highest BCUT2D eigenvalue weighted by atomic mass is 35.5. The third kappa shape index (κ3) is 2.68. The summed E-state index contributed by atoms with van der Waals surface area (Å²) in [5, 5.41) is 15.3. The fraction of sp³-hybridized carbons (Fsp3) is 0. The van der Waals surface area contributed by atoms with Gasteiger partial charge < -0.3 is 11.5 Å². The van der Waals surface area contributed by atoms with E-state index in [4.69, 9.17) is 28.3 Å². The van der Waals surface area contributed by atoms with Crippen LogP contribution in [-0.2, 0) is 0 Å². The first-order valence-corrected chi connectivity index (χ1v) is 4.45. The van der Waals surface area contributed by atoms with E-state index in [1.165, 1.54) is 18.2 Å². The van der Waals surface area contributed by atoms with Crippen LogP contribution in [0.3, 0.4) is 0 Å². The summed E-state index contributed by atoms with van der Waals surface area (Å²) in [6.07, 6.45) is 0. The van der Waals surface area contributed by atoms with E-state index in [9.17, 15) is 4.39 Å². The fourth-order valence-electron chi connectivity index (χ4n) is 0.931. The molecule has 0 fully saturated rings. The van der Waals surface area contributed by atoms with Crippen molar-refractivity contribution in [1.29, 1.82) is 5.26 Å². The first-order chi connectivity index (χ1) is 7.56. The zero-order valence-electron chi connectivity index (χ0n) is 7.98. The first kappa shape index (κ1) is 11.9. The Morgan fingerprint density at radius 3 is 2.62 bits per heavy atom. The molecule has 0 amide bonds. The molecule has 82 valence electrons. The topological polar surface area (TPSA) is 101 Å². The molecule has 0 spiro atoms. The van der Waals surface area contributed by atoms with E-state index in [0.717, 1.165) is 0 Å². The number of hydrogen-bond donors (Lipinski definition) is 2. The van der Waals surface area contributed by atoms with E-state index in [0.29, 0.717) is 0 Å². The predicted molar refractivity (Wildman–Crippen MR) is 59.4 cm³/mol. The molecule has 0 radical (unpaired) electrons. The number of nitrogens with zero attached hydrogens (tertiary/aromatic N) is 3. The van der Waals surface area contributed by atoms with Gasteiger partial charge in [0, 0.05) is 0 Å². The minimum atomic E-state index is -0.741. The Kier molecular flexibility index (Phi) is 3.80. The Morgan fingerprint density at radius 1 is 1.38 bits per heavy atom. The maximum absolute atomic E-state index is 13.5. The molecule has 16 heavy (non-hydrogen) atoms. The van der Waals surface area contributed by atoms with Crippen LogP contribution in [0.15, 0.2) is 28.4 Å². The van der Waals surface area contributed by atoms with Crippen molar-refractivity contribution in [3.63, 3.8) is 0 Å². The second kappa shape index (κ2) is 5.09. The van der Waals surface area contributed by atoms with Crippen LogP contribution >= 0.6 is 11.6 Å². The van der Waals surface area contributed by atoms with Crippen molar-refractivity contribution in [2.24, 2.45) is 21.7 Å². The van der Waals surface area contributed by atoms with Crippen molar-refractivity contribution < 1.29 is 4.39 Å². The van der Waals surface area contributed by atoms with E-state index >= 15 is 0 Å². The molecule has 0 atom stereocenters. The van der Waals surface area contributed by atoms with Crippen LogP contribution in [0.2, 0.25) is 5.02 Å². The summed E-state index contributed by atoms with van der Waals surface area (Å²) in [7, 11) is 0. The molecule has 0 aliphatic carbocycles. The highest BCUT2D eigenvalue weighted by molar-refractivity contribution is 6.31. The maximum atomic E-state index is 13.5. The van der Waals surface area contributed by atoms with Crippen molar-refractivity contribution >= 4 is 23.3 Å². The zero-order chi connectivity index (χ0) is 12.1. The molecular formula is C9H7ClFN5. The summed E-state index contributed by atoms with van der Waals surface area (Å²) in [4.78, 5) is 0. The van der Waals surface area contributed by atoms with E-state index < -0.39 is 5.82 Å². The lowest BCUT2D eigenvalue weighted by molar-refractivity contribution is 0.626. The maximum Gasteiger partial charge on any atom is 0.211 e. The number of nitriles is 1. The van der Waals surface area contributed by atoms with Gasteiger partial charge in [-0.1, -0.05) is 17.7 Å². The lowest BCUT2D eigenvalue weighted by Gasteiger charge is -2.00. The smallest absolute Gasteiger partial charge is 0.211 e. The van der Waals surface area contributed by atoms with E-state index in [1.54, 1.807) is 6.07 Å². The van der Waals surface area contributed by atoms with Crippen molar-refractivity contribution in [2.75, 3.05) is 0 Å². The number of halogens is 2. The van der Waals surface area contributed by atoms with Gasteiger partial charge in [0.05, 0.1) is 10.6 Å². The third-order valence-corrected chi connectivity index (χ3v) is 1.87. The van der Waals surface area contributed by atoms with Gasteiger partial charge in [-0.2, -0.15) is 5.26 Å². The average molecular weight is 240 g/mol. The van der Waals surface area contributed by atoms with E-state index in [-0.39, 0.29) is 22.3 Å². The quantitative estimate of drug-likeness (QED) is 0.457. The normalized spacial score (nSPS) is 10.7. The van der Waals surface area contributed by atoms with Gasteiger partial charge in [-0.3, -0.25) is 0 Å². The Hall–Kier alpha value is -2.13. The van der Waals surface area contributed by atoms with Gasteiger partial charge >= 0.3 is 0 Å². The SMILES string of the molecule is N#CC(=NN=C(N)N)c1cccc(Cl)c1F. The van der Waals surface area contributed by atoms with Crippen LogP contribution in [0, 0.1) is 17.1 Å². The molecule has 0 aliphatic heterocycles. The fourth-order valence-corrected chi connectivity index (χ4v) is 1.11. The summed E-state index contributed by atoms with van der Waals surface area (Å²) in [6, 6.07) is 5.87. The van der Waals surface area contributed by atoms with Gasteiger partial charge in [-0.25, -0.2) is 4.39 Å². The summed E-state index contributed by atoms with van der Waals surface area (Å²) in [5.41, 5.74) is 9.75. The predicted octanol–water partition coefficient (Wildman–Crippen LogP) is 0.980. The zero-order valence-corrected chi connectivity index (χ0v) is 8.74. The average Bonchev–Trinajstić information content (AvgIpc) is 2.24. The van der Waals surface area contributed by atoms with E-state index in [1.807, 2.05) is 0 Å². The van der Waals surface area contributed by atoms with Crippen molar-refractivity contribution in [3.05, 3.63) is 34.6 Å². The van der Waals surface area contributed by atoms with Gasteiger partial charge in [-0.05, 0) is 12.1 Å². The van der Waals surface area contributed by atoms with Gasteiger partial charge in [0.15, 0.2) is 11.5 Å². The standard InChI is InChI=1S/C9H7ClFN5/c10-6-3-1-2-5(8(6)11)7(4-12)15-16-9(13)14/h1-3H,(H4,13,14,16). The molecule has 1 rings (SSSR count). The number of rotatable bonds is 2. The van der Waals surface area contributed by atoms with E-state index in [2.05, 4.69) is 10.2 Å². The second-order valence-electron chi connectivity index (χ2n) is 2.69. The molecule has 1 aromatic carbocycles. The first-order valence-electron chi connectivity index (χ1n) is 4.07. The molecule has 0 saturated carbocycles. The van der Waals surface area contributed by atoms with Crippen LogP contribution in [0.1, 0.15) is 5.56 Å². The Bertz CT molecular complexity index is 499. The minimum absolute atomic E-state index is 0.0556. The van der Waals surface area contributed by atoms with Gasteiger partial charge in [0.25, 0.3) is 0 Å². The van der Waals surface area contributed by atoms with Crippen molar-refractivity contribution in [2.45, 2.75) is 0 Å². The van der Waals surface area contributed by atoms with Crippen molar-refractivity contribution in [3.8, 4) is 6.07 Å². The molecule has 1 aromatic rings. The minimum Gasteiger partial charge on any atom is -0.369 e. The largest absolute Gasteiger partial charge is 0.369 e. The van der Waals surface area contributed by atoms with Gasteiger partial charge in [-0.15, -0.1) is 10.2 Å². The summed E-state index contributed by atoms with van der Waals surface area (Å²) in [5.74, 6) is -1.06. The molecule has 0 saturated heterocycles. The lowest BCUT2D eigenvalue weighted by atomic mass is 10.1. The van der Waals surface area contributed by atoms with Crippen LogP contribution in [0.4, 0.5) is 4.39 Å². The van der Waals surface area contributed by atoms with Crippen LogP contribution < -0.4 is 11.5 Å². The van der Waals surface area contributed by atoms with Crippen LogP contribution in [0.5, 0.6) is 0 Å². The number of hydrogen-bond acceptors (Lipinski definition) is 3. The lowest BCUT2D eigenvalue weighted by Crippen LogP contribution is -2.22. The molecule has 0 aliphatic rings. The summed E-state index contributed by atoms with van der Waals surface area (Å²) >= 11 is 5.55. The Balaban J connectivity index is 3.26. The molecule has 0 bridgehead atoms. The molecule has 7 heteroatoms. The number of nitrogens with two attached hydrogens (primary N) is 2. The summed E-state index contributed by atoms with van der Waals surface area (Å²) < 4.78 is 13.5. The number of guanidine groups is 1. The van der Waals surface area contributed by atoms with Crippen molar-refractivity contribution in [1.82, 2.24) is 0 Å². The Morgan fingerprint density at radius 2 is 2.06 bits per heavy atom. The second-order valence-corrected chi connectivity index (χ2v) is 3.09. The van der Waals surface area contributed by atoms with Crippen LogP contribution in [-0.4, -0.2) is 11.7 Å². The van der Waals surface area contributed by atoms with Gasteiger partial charge in [0.2, 0.25) is 5.96 Å². The molecule has 0 unspecified atom stereocenters. The Labute approximate surface area is 95.8 Å². The monoisotopic (exact) mass is 239 g/mol. The number of benzene rings is 1. The molecule has 5 nitrogen and oxygen atoms in total.